The molecule has 0 fully saturated rings. The Morgan fingerprint density at radius 2 is 1.83 bits per heavy atom. The van der Waals surface area contributed by atoms with Gasteiger partial charge in [0.25, 0.3) is 0 Å². The molecule has 0 amide bonds. The van der Waals surface area contributed by atoms with Crippen LogP contribution in [-0.2, 0) is 22.1 Å². The fraction of sp³-hybridized carbons (Fsp3) is 0.300. The normalized spacial score (nSPS) is 14.8. The summed E-state index contributed by atoms with van der Waals surface area (Å²) < 4.78 is 32.6. The van der Waals surface area contributed by atoms with Gasteiger partial charge in [0.15, 0.2) is 0 Å². The quantitative estimate of drug-likeness (QED) is 0.620. The Balaban J connectivity index is 2.03. The number of halogens is 1. The fourth-order valence-corrected chi connectivity index (χ4v) is 3.52. The predicted molar refractivity (Wildman–Crippen MR) is 97.2 cm³/mol. The third-order valence-corrected chi connectivity index (χ3v) is 5.13. The Labute approximate surface area is 145 Å². The second kappa shape index (κ2) is 9.50. The van der Waals surface area contributed by atoms with Gasteiger partial charge in [0.05, 0.1) is 23.2 Å². The first-order chi connectivity index (χ1) is 11.6. The van der Waals surface area contributed by atoms with Crippen LogP contribution < -0.4 is 0 Å². The highest BCUT2D eigenvalue weighted by atomic mass is 32.2. The summed E-state index contributed by atoms with van der Waals surface area (Å²) in [6, 6.07) is 17.0. The molecule has 0 spiro atoms. The summed E-state index contributed by atoms with van der Waals surface area (Å²) in [4.78, 5) is 0.694. The predicted octanol–water partition coefficient (Wildman–Crippen LogP) is 4.60. The van der Waals surface area contributed by atoms with Crippen LogP contribution in [0.2, 0.25) is 0 Å². The maximum atomic E-state index is 14.4. The summed E-state index contributed by atoms with van der Waals surface area (Å²) in [6.45, 7) is 5.85. The van der Waals surface area contributed by atoms with Crippen LogP contribution in [0.5, 0.6) is 0 Å². The van der Waals surface area contributed by atoms with Crippen LogP contribution in [0.25, 0.3) is 0 Å². The number of aryl methyl sites for hydroxylation is 1. The second-order valence-corrected chi connectivity index (χ2v) is 7.20. The summed E-state index contributed by atoms with van der Waals surface area (Å²) in [5.41, 5.74) is 2.07. The van der Waals surface area contributed by atoms with Crippen molar-refractivity contribution >= 4 is 10.8 Å². The molecule has 0 bridgehead atoms. The van der Waals surface area contributed by atoms with Crippen LogP contribution in [0, 0.1) is 6.92 Å². The number of ether oxygens (including phenoxy) is 1. The SMILES string of the molecule is C=CC[C@@H](F)[C@@H](CS(=O)c1ccc(C)cc1)OCc1ccccc1. The standard InChI is InChI=1S/C20H23FO2S/c1-3-7-19(21)20(23-14-17-8-5-4-6-9-17)15-24(22)18-12-10-16(2)11-13-18/h3-6,8-13,19-20H,1,7,14-15H2,2H3/t19-,20-,24?/m1/s1. The molecule has 0 radical (unpaired) electrons. The Kier molecular flexibility index (Phi) is 7.35. The molecule has 1 unspecified atom stereocenters. The number of benzene rings is 2. The van der Waals surface area contributed by atoms with E-state index < -0.39 is 23.1 Å². The molecule has 0 heterocycles. The molecule has 0 aliphatic rings. The zero-order chi connectivity index (χ0) is 17.4. The third-order valence-electron chi connectivity index (χ3n) is 3.70. The number of hydrogen-bond donors (Lipinski definition) is 0. The Morgan fingerprint density at radius 1 is 1.17 bits per heavy atom. The first-order valence-electron chi connectivity index (χ1n) is 7.95. The molecular formula is C20H23FO2S. The molecule has 0 aliphatic heterocycles. The van der Waals surface area contributed by atoms with Crippen LogP contribution in [0.3, 0.4) is 0 Å². The van der Waals surface area contributed by atoms with Crippen LogP contribution in [0.4, 0.5) is 4.39 Å². The van der Waals surface area contributed by atoms with Crippen molar-refractivity contribution in [3.8, 4) is 0 Å². The number of allylic oxidation sites excluding steroid dienone is 1. The van der Waals surface area contributed by atoms with E-state index in [2.05, 4.69) is 6.58 Å². The number of hydrogen-bond acceptors (Lipinski definition) is 2. The van der Waals surface area contributed by atoms with Crippen LogP contribution in [-0.4, -0.2) is 22.2 Å². The maximum absolute atomic E-state index is 14.4. The molecule has 0 saturated carbocycles. The third kappa shape index (κ3) is 5.69. The monoisotopic (exact) mass is 346 g/mol. The zero-order valence-electron chi connectivity index (χ0n) is 13.9. The van der Waals surface area contributed by atoms with E-state index in [0.29, 0.717) is 11.5 Å². The molecule has 0 aliphatic carbocycles. The summed E-state index contributed by atoms with van der Waals surface area (Å²) in [5, 5.41) is 0. The summed E-state index contributed by atoms with van der Waals surface area (Å²) in [7, 11) is -1.30. The van der Waals surface area contributed by atoms with Crippen molar-refractivity contribution in [3.63, 3.8) is 0 Å². The Bertz CT molecular complexity index is 655. The molecule has 2 aromatic rings. The molecular weight excluding hydrogens is 323 g/mol. The lowest BCUT2D eigenvalue weighted by Crippen LogP contribution is -2.31. The van der Waals surface area contributed by atoms with Crippen molar-refractivity contribution in [1.29, 1.82) is 0 Å². The van der Waals surface area contributed by atoms with Gasteiger partial charge in [-0.05, 0) is 31.0 Å². The topological polar surface area (TPSA) is 26.3 Å². The van der Waals surface area contributed by atoms with Crippen molar-refractivity contribution in [2.75, 3.05) is 5.75 Å². The van der Waals surface area contributed by atoms with Crippen LogP contribution in [0.1, 0.15) is 17.5 Å². The summed E-state index contributed by atoms with van der Waals surface area (Å²) in [6.07, 6.45) is -0.242. The van der Waals surface area contributed by atoms with Crippen molar-refractivity contribution in [1.82, 2.24) is 0 Å². The summed E-state index contributed by atoms with van der Waals surface area (Å²) in [5.74, 6) is 0.130. The minimum Gasteiger partial charge on any atom is -0.370 e. The average molecular weight is 346 g/mol. The van der Waals surface area contributed by atoms with Crippen molar-refractivity contribution in [2.24, 2.45) is 0 Å². The average Bonchev–Trinajstić information content (AvgIpc) is 2.60. The largest absolute Gasteiger partial charge is 0.370 e. The molecule has 0 N–H and O–H groups in total. The molecule has 2 aromatic carbocycles. The van der Waals surface area contributed by atoms with E-state index in [4.69, 9.17) is 4.74 Å². The lowest BCUT2D eigenvalue weighted by molar-refractivity contribution is 0.00313. The van der Waals surface area contributed by atoms with E-state index in [9.17, 15) is 8.60 Å². The van der Waals surface area contributed by atoms with Gasteiger partial charge >= 0.3 is 0 Å². The Morgan fingerprint density at radius 3 is 2.46 bits per heavy atom. The van der Waals surface area contributed by atoms with E-state index in [1.165, 1.54) is 6.08 Å². The van der Waals surface area contributed by atoms with Crippen molar-refractivity contribution in [2.45, 2.75) is 37.1 Å². The van der Waals surface area contributed by atoms with Gasteiger partial charge in [-0.3, -0.25) is 4.21 Å². The number of alkyl halides is 1. The summed E-state index contributed by atoms with van der Waals surface area (Å²) >= 11 is 0. The molecule has 0 saturated heterocycles. The minimum absolute atomic E-state index is 0.130. The minimum atomic E-state index is -1.30. The van der Waals surface area contributed by atoms with E-state index in [0.717, 1.165) is 11.1 Å². The van der Waals surface area contributed by atoms with Gasteiger partial charge in [-0.1, -0.05) is 54.1 Å². The first-order valence-corrected chi connectivity index (χ1v) is 9.27. The van der Waals surface area contributed by atoms with Gasteiger partial charge in [0, 0.05) is 4.90 Å². The van der Waals surface area contributed by atoms with Gasteiger partial charge in [-0.2, -0.15) is 0 Å². The Hall–Kier alpha value is -1.78. The van der Waals surface area contributed by atoms with Crippen LogP contribution >= 0.6 is 0 Å². The second-order valence-electron chi connectivity index (χ2n) is 5.70. The van der Waals surface area contributed by atoms with Gasteiger partial charge in [-0.25, -0.2) is 4.39 Å². The lowest BCUT2D eigenvalue weighted by Gasteiger charge is -2.21. The highest BCUT2D eigenvalue weighted by molar-refractivity contribution is 7.85. The molecule has 0 aromatic heterocycles. The van der Waals surface area contributed by atoms with Crippen molar-refractivity contribution < 1.29 is 13.3 Å². The zero-order valence-corrected chi connectivity index (χ0v) is 14.7. The fourth-order valence-electron chi connectivity index (χ4n) is 2.28. The van der Waals surface area contributed by atoms with Gasteiger partial charge < -0.3 is 4.74 Å². The van der Waals surface area contributed by atoms with Gasteiger partial charge in [0.2, 0.25) is 0 Å². The van der Waals surface area contributed by atoms with Crippen molar-refractivity contribution in [3.05, 3.63) is 78.4 Å². The molecule has 128 valence electrons. The van der Waals surface area contributed by atoms with Gasteiger partial charge in [0.1, 0.15) is 12.3 Å². The molecule has 2 rings (SSSR count). The highest BCUT2D eigenvalue weighted by Crippen LogP contribution is 2.17. The molecule has 4 heteroatoms. The van der Waals surface area contributed by atoms with Gasteiger partial charge in [-0.15, -0.1) is 6.58 Å². The molecule has 2 nitrogen and oxygen atoms in total. The first kappa shape index (κ1) is 18.6. The number of rotatable bonds is 9. The van der Waals surface area contributed by atoms with E-state index in [1.54, 1.807) is 0 Å². The van der Waals surface area contributed by atoms with Crippen LogP contribution in [0.15, 0.2) is 72.1 Å². The van der Waals surface area contributed by atoms with E-state index in [1.807, 2.05) is 61.5 Å². The molecule has 3 atom stereocenters. The maximum Gasteiger partial charge on any atom is 0.130 e. The smallest absolute Gasteiger partial charge is 0.130 e. The highest BCUT2D eigenvalue weighted by Gasteiger charge is 2.24. The lowest BCUT2D eigenvalue weighted by atomic mass is 10.2. The van der Waals surface area contributed by atoms with E-state index in [-0.39, 0.29) is 12.2 Å². The molecule has 24 heavy (non-hydrogen) atoms. The van der Waals surface area contributed by atoms with E-state index >= 15 is 0 Å².